The molecule has 23 heavy (non-hydrogen) atoms. The normalized spacial score (nSPS) is 20.1. The fraction of sp³-hybridized carbons (Fsp3) is 0.333. The zero-order valence-electron chi connectivity index (χ0n) is 12.6. The largest absolute Gasteiger partial charge is 0.367 e. The van der Waals surface area contributed by atoms with Gasteiger partial charge in [-0.05, 0) is 48.7 Å². The molecular weight excluding hydrogens is 318 g/mol. The second kappa shape index (κ2) is 5.77. The monoisotopic (exact) mass is 334 g/mol. The molecular formula is C18H17ClF2N2. The van der Waals surface area contributed by atoms with Gasteiger partial charge in [-0.1, -0.05) is 23.7 Å². The first-order valence-electron chi connectivity index (χ1n) is 7.88. The van der Waals surface area contributed by atoms with Crippen LogP contribution in [0, 0.1) is 11.6 Å². The van der Waals surface area contributed by atoms with Crippen LogP contribution < -0.4 is 10.2 Å². The first kappa shape index (κ1) is 14.9. The van der Waals surface area contributed by atoms with Gasteiger partial charge < -0.3 is 10.2 Å². The number of halogens is 3. The van der Waals surface area contributed by atoms with Crippen LogP contribution in [-0.2, 0) is 6.42 Å². The van der Waals surface area contributed by atoms with Crippen LogP contribution in [0.3, 0.4) is 0 Å². The Hall–Kier alpha value is -1.65. The predicted octanol–water partition coefficient (Wildman–Crippen LogP) is 4.01. The maximum Gasteiger partial charge on any atom is 0.135 e. The second-order valence-electron chi connectivity index (χ2n) is 6.18. The molecule has 1 unspecified atom stereocenters. The van der Waals surface area contributed by atoms with Gasteiger partial charge in [-0.2, -0.15) is 0 Å². The van der Waals surface area contributed by atoms with E-state index in [0.717, 1.165) is 50.3 Å². The van der Waals surface area contributed by atoms with Gasteiger partial charge in [0.05, 0.1) is 5.56 Å². The Kier molecular flexibility index (Phi) is 3.74. The number of nitrogens with one attached hydrogen (secondary N) is 1. The molecule has 2 heterocycles. The molecule has 1 atom stereocenters. The van der Waals surface area contributed by atoms with Gasteiger partial charge in [0.1, 0.15) is 11.6 Å². The molecule has 0 radical (unpaired) electrons. The van der Waals surface area contributed by atoms with Crippen LogP contribution in [0.25, 0.3) is 11.1 Å². The van der Waals surface area contributed by atoms with E-state index in [1.165, 1.54) is 5.56 Å². The molecule has 1 N–H and O–H groups in total. The molecule has 2 nitrogen and oxygen atoms in total. The molecule has 0 spiro atoms. The maximum absolute atomic E-state index is 14.2. The summed E-state index contributed by atoms with van der Waals surface area (Å²) in [4.78, 5) is 2.37. The number of anilines is 1. The first-order chi connectivity index (χ1) is 11.1. The lowest BCUT2D eigenvalue weighted by atomic mass is 10.0. The van der Waals surface area contributed by atoms with Gasteiger partial charge in [-0.15, -0.1) is 0 Å². The average molecular weight is 335 g/mol. The third kappa shape index (κ3) is 2.60. The van der Waals surface area contributed by atoms with Crippen LogP contribution in [0.4, 0.5) is 14.5 Å². The highest BCUT2D eigenvalue weighted by Crippen LogP contribution is 2.38. The van der Waals surface area contributed by atoms with E-state index < -0.39 is 11.6 Å². The number of benzene rings is 2. The zero-order chi connectivity index (χ0) is 16.0. The highest BCUT2D eigenvalue weighted by atomic mass is 35.5. The molecule has 2 aliphatic heterocycles. The fourth-order valence-electron chi connectivity index (χ4n) is 3.69. The van der Waals surface area contributed by atoms with Crippen LogP contribution in [0.5, 0.6) is 0 Å². The topological polar surface area (TPSA) is 15.3 Å². The van der Waals surface area contributed by atoms with Crippen molar-refractivity contribution in [1.29, 1.82) is 0 Å². The number of fused-ring (bicyclic) bond motifs is 3. The van der Waals surface area contributed by atoms with E-state index in [4.69, 9.17) is 11.6 Å². The lowest BCUT2D eigenvalue weighted by Crippen LogP contribution is -2.32. The van der Waals surface area contributed by atoms with E-state index in [2.05, 4.69) is 10.2 Å². The lowest BCUT2D eigenvalue weighted by Gasteiger charge is -2.25. The van der Waals surface area contributed by atoms with Gasteiger partial charge in [0.15, 0.2) is 0 Å². The molecule has 1 saturated heterocycles. The highest BCUT2D eigenvalue weighted by molar-refractivity contribution is 6.30. The molecule has 0 saturated carbocycles. The van der Waals surface area contributed by atoms with Crippen molar-refractivity contribution in [1.82, 2.24) is 5.32 Å². The standard InChI is InChI=1S/C18H17ClF2N2/c19-13-9-15(20)18(16(21)10-13)12-2-1-11-7-14-3-4-22-5-6-23(14)17(11)8-12/h1-2,8-10,14,22H,3-7H2. The first-order valence-corrected chi connectivity index (χ1v) is 8.26. The Morgan fingerprint density at radius 3 is 2.65 bits per heavy atom. The summed E-state index contributed by atoms with van der Waals surface area (Å²) in [7, 11) is 0. The maximum atomic E-state index is 14.2. The van der Waals surface area contributed by atoms with E-state index in [1.807, 2.05) is 12.1 Å². The minimum absolute atomic E-state index is 0.00593. The summed E-state index contributed by atoms with van der Waals surface area (Å²) in [5, 5.41) is 3.47. The van der Waals surface area contributed by atoms with Crippen LogP contribution in [0.15, 0.2) is 30.3 Å². The van der Waals surface area contributed by atoms with Crippen molar-refractivity contribution in [3.8, 4) is 11.1 Å². The molecule has 0 aliphatic carbocycles. The Morgan fingerprint density at radius 2 is 1.87 bits per heavy atom. The van der Waals surface area contributed by atoms with Crippen molar-refractivity contribution < 1.29 is 8.78 Å². The van der Waals surface area contributed by atoms with Crippen molar-refractivity contribution >= 4 is 17.3 Å². The molecule has 5 heteroatoms. The summed E-state index contributed by atoms with van der Waals surface area (Å²) in [5.41, 5.74) is 2.92. The van der Waals surface area contributed by atoms with Crippen LogP contribution >= 0.6 is 11.6 Å². The van der Waals surface area contributed by atoms with Gasteiger partial charge in [-0.25, -0.2) is 8.78 Å². The van der Waals surface area contributed by atoms with Gasteiger partial charge in [0, 0.05) is 29.8 Å². The molecule has 0 aromatic heterocycles. The number of rotatable bonds is 1. The van der Waals surface area contributed by atoms with Crippen LogP contribution in [0.1, 0.15) is 12.0 Å². The summed E-state index contributed by atoms with van der Waals surface area (Å²) in [6, 6.07) is 8.52. The summed E-state index contributed by atoms with van der Waals surface area (Å²) in [6.45, 7) is 2.87. The summed E-state index contributed by atoms with van der Waals surface area (Å²) in [5.74, 6) is -1.25. The third-order valence-electron chi connectivity index (χ3n) is 4.77. The van der Waals surface area contributed by atoms with E-state index in [-0.39, 0.29) is 10.6 Å². The molecule has 4 rings (SSSR count). The van der Waals surface area contributed by atoms with Gasteiger partial charge >= 0.3 is 0 Å². The predicted molar refractivity (Wildman–Crippen MR) is 89.1 cm³/mol. The number of hydrogen-bond acceptors (Lipinski definition) is 2. The van der Waals surface area contributed by atoms with Gasteiger partial charge in [-0.3, -0.25) is 0 Å². The molecule has 2 aromatic carbocycles. The molecule has 0 amide bonds. The minimum atomic E-state index is -0.623. The molecule has 120 valence electrons. The molecule has 0 bridgehead atoms. The van der Waals surface area contributed by atoms with E-state index in [0.29, 0.717) is 11.6 Å². The van der Waals surface area contributed by atoms with Crippen LogP contribution in [-0.4, -0.2) is 25.7 Å². The van der Waals surface area contributed by atoms with E-state index in [9.17, 15) is 8.78 Å². The lowest BCUT2D eigenvalue weighted by molar-refractivity contribution is 0.590. The molecule has 2 aromatic rings. The van der Waals surface area contributed by atoms with Gasteiger partial charge in [0.2, 0.25) is 0 Å². The van der Waals surface area contributed by atoms with Crippen molar-refractivity contribution in [2.45, 2.75) is 18.9 Å². The quantitative estimate of drug-likeness (QED) is 0.847. The molecule has 1 fully saturated rings. The molecule has 2 aliphatic rings. The van der Waals surface area contributed by atoms with Crippen molar-refractivity contribution in [3.63, 3.8) is 0 Å². The smallest absolute Gasteiger partial charge is 0.135 e. The summed E-state index contributed by atoms with van der Waals surface area (Å²) >= 11 is 5.72. The average Bonchev–Trinajstić information content (AvgIpc) is 2.68. The van der Waals surface area contributed by atoms with Crippen LogP contribution in [0.2, 0.25) is 5.02 Å². The minimum Gasteiger partial charge on any atom is -0.367 e. The highest BCUT2D eigenvalue weighted by Gasteiger charge is 2.30. The van der Waals surface area contributed by atoms with Gasteiger partial charge in [0.25, 0.3) is 0 Å². The van der Waals surface area contributed by atoms with Crippen molar-refractivity contribution in [2.75, 3.05) is 24.5 Å². The number of hydrogen-bond donors (Lipinski definition) is 1. The second-order valence-corrected chi connectivity index (χ2v) is 6.61. The van der Waals surface area contributed by atoms with Crippen molar-refractivity contribution in [2.24, 2.45) is 0 Å². The third-order valence-corrected chi connectivity index (χ3v) is 4.99. The Morgan fingerprint density at radius 1 is 1.09 bits per heavy atom. The van der Waals surface area contributed by atoms with Crippen molar-refractivity contribution in [3.05, 3.63) is 52.6 Å². The SMILES string of the molecule is Fc1cc(Cl)cc(F)c1-c1ccc2c(c1)N1CCNCCC1C2. The summed E-state index contributed by atoms with van der Waals surface area (Å²) < 4.78 is 28.4. The zero-order valence-corrected chi connectivity index (χ0v) is 13.3. The summed E-state index contributed by atoms with van der Waals surface area (Å²) in [6.07, 6.45) is 2.09. The fourth-order valence-corrected chi connectivity index (χ4v) is 3.88. The Bertz CT molecular complexity index is 740. The Balaban J connectivity index is 1.78. The van der Waals surface area contributed by atoms with E-state index in [1.54, 1.807) is 6.07 Å². The Labute approximate surface area is 139 Å². The van der Waals surface area contributed by atoms with E-state index >= 15 is 0 Å². The number of nitrogens with zero attached hydrogens (tertiary/aromatic N) is 1.